The highest BCUT2D eigenvalue weighted by atomic mass is 16.3. The lowest BCUT2D eigenvalue weighted by atomic mass is 9.79. The number of aliphatic hydroxyl groups excluding tert-OH is 1. The van der Waals surface area contributed by atoms with Gasteiger partial charge in [0.25, 0.3) is 0 Å². The molecular formula is C17H33NO2. The van der Waals surface area contributed by atoms with Gasteiger partial charge in [0, 0.05) is 25.1 Å². The van der Waals surface area contributed by atoms with Gasteiger partial charge in [-0.25, -0.2) is 0 Å². The van der Waals surface area contributed by atoms with Crippen LogP contribution in [0.3, 0.4) is 0 Å². The molecule has 1 fully saturated rings. The predicted octanol–water partition coefficient (Wildman–Crippen LogP) is 3.60. The molecule has 0 aliphatic heterocycles. The van der Waals surface area contributed by atoms with Gasteiger partial charge in [0.1, 0.15) is 0 Å². The Morgan fingerprint density at radius 2 is 1.85 bits per heavy atom. The molecule has 0 heterocycles. The van der Waals surface area contributed by atoms with Crippen LogP contribution in [0.15, 0.2) is 0 Å². The second-order valence-corrected chi connectivity index (χ2v) is 6.56. The van der Waals surface area contributed by atoms with E-state index in [1.807, 2.05) is 4.90 Å². The number of rotatable bonds is 8. The number of carbonyl (C=O) groups is 1. The molecule has 0 bridgehead atoms. The standard InChI is InChI=1S/C17H33NO2/c1-4-5-7-15-8-10-16(11-9-15)17(20)18(14(2)3)12-6-13-19/h14-16,19H,4-13H2,1-3H3. The molecule has 0 atom stereocenters. The minimum absolute atomic E-state index is 0.167. The average Bonchev–Trinajstić information content (AvgIpc) is 2.45. The van der Waals surface area contributed by atoms with Gasteiger partial charge in [-0.3, -0.25) is 4.79 Å². The van der Waals surface area contributed by atoms with Crippen molar-refractivity contribution in [2.24, 2.45) is 11.8 Å². The number of amides is 1. The molecule has 0 aromatic carbocycles. The van der Waals surface area contributed by atoms with Gasteiger partial charge in [0.05, 0.1) is 0 Å². The molecule has 0 aromatic heterocycles. The summed E-state index contributed by atoms with van der Waals surface area (Å²) in [6.45, 7) is 7.25. The maximum atomic E-state index is 12.6. The minimum Gasteiger partial charge on any atom is -0.396 e. The molecule has 1 amide bonds. The fourth-order valence-electron chi connectivity index (χ4n) is 3.29. The smallest absolute Gasteiger partial charge is 0.225 e. The first kappa shape index (κ1) is 17.5. The summed E-state index contributed by atoms with van der Waals surface area (Å²) in [5.74, 6) is 1.40. The molecule has 3 heteroatoms. The van der Waals surface area contributed by atoms with Crippen molar-refractivity contribution in [3.8, 4) is 0 Å². The van der Waals surface area contributed by atoms with Crippen LogP contribution >= 0.6 is 0 Å². The number of unbranched alkanes of at least 4 members (excludes halogenated alkanes) is 1. The first-order valence-electron chi connectivity index (χ1n) is 8.51. The van der Waals surface area contributed by atoms with E-state index in [0.29, 0.717) is 18.9 Å². The Labute approximate surface area is 124 Å². The summed E-state index contributed by atoms with van der Waals surface area (Å²) in [6.07, 6.45) is 9.22. The van der Waals surface area contributed by atoms with Crippen molar-refractivity contribution in [2.75, 3.05) is 13.2 Å². The summed E-state index contributed by atoms with van der Waals surface area (Å²) in [6, 6.07) is 0.242. The van der Waals surface area contributed by atoms with Crippen LogP contribution in [0, 0.1) is 11.8 Å². The molecule has 118 valence electrons. The molecule has 0 saturated heterocycles. The van der Waals surface area contributed by atoms with Crippen LogP contribution in [0.25, 0.3) is 0 Å². The normalized spacial score (nSPS) is 23.1. The Hall–Kier alpha value is -0.570. The van der Waals surface area contributed by atoms with Gasteiger partial charge in [-0.15, -0.1) is 0 Å². The molecule has 0 unspecified atom stereocenters. The highest BCUT2D eigenvalue weighted by Crippen LogP contribution is 2.33. The maximum Gasteiger partial charge on any atom is 0.225 e. The number of nitrogens with zero attached hydrogens (tertiary/aromatic N) is 1. The summed E-state index contributed by atoms with van der Waals surface area (Å²) in [5.41, 5.74) is 0. The highest BCUT2D eigenvalue weighted by Gasteiger charge is 2.29. The van der Waals surface area contributed by atoms with E-state index < -0.39 is 0 Å². The maximum absolute atomic E-state index is 12.6. The van der Waals surface area contributed by atoms with Gasteiger partial charge in [0.15, 0.2) is 0 Å². The van der Waals surface area contributed by atoms with Crippen molar-refractivity contribution >= 4 is 5.91 Å². The molecule has 0 aromatic rings. The van der Waals surface area contributed by atoms with E-state index in [1.165, 1.54) is 32.1 Å². The third-order valence-electron chi connectivity index (χ3n) is 4.63. The second-order valence-electron chi connectivity index (χ2n) is 6.56. The summed E-state index contributed by atoms with van der Waals surface area (Å²) in [4.78, 5) is 14.6. The van der Waals surface area contributed by atoms with Crippen LogP contribution in [0.1, 0.15) is 72.1 Å². The third kappa shape index (κ3) is 5.43. The van der Waals surface area contributed by atoms with Crippen LogP contribution in [-0.4, -0.2) is 35.1 Å². The Morgan fingerprint density at radius 1 is 1.20 bits per heavy atom. The number of aliphatic hydroxyl groups is 1. The van der Waals surface area contributed by atoms with Crippen LogP contribution in [0.5, 0.6) is 0 Å². The molecule has 1 rings (SSSR count). The quantitative estimate of drug-likeness (QED) is 0.739. The van der Waals surface area contributed by atoms with Gasteiger partial charge in [-0.2, -0.15) is 0 Å². The van der Waals surface area contributed by atoms with E-state index in [1.54, 1.807) is 0 Å². The first-order valence-corrected chi connectivity index (χ1v) is 8.51. The van der Waals surface area contributed by atoms with E-state index in [2.05, 4.69) is 20.8 Å². The van der Waals surface area contributed by atoms with Gasteiger partial charge in [0.2, 0.25) is 5.91 Å². The van der Waals surface area contributed by atoms with E-state index in [4.69, 9.17) is 5.11 Å². The van der Waals surface area contributed by atoms with Crippen molar-refractivity contribution in [3.63, 3.8) is 0 Å². The lowest BCUT2D eigenvalue weighted by Crippen LogP contribution is -2.42. The highest BCUT2D eigenvalue weighted by molar-refractivity contribution is 5.79. The first-order chi connectivity index (χ1) is 9.60. The number of carbonyl (C=O) groups excluding carboxylic acids is 1. The predicted molar refractivity (Wildman–Crippen MR) is 83.5 cm³/mol. The summed E-state index contributed by atoms with van der Waals surface area (Å²) >= 11 is 0. The van der Waals surface area contributed by atoms with Gasteiger partial charge in [-0.05, 0) is 51.9 Å². The molecular weight excluding hydrogens is 250 g/mol. The Bertz CT molecular complexity index is 270. The topological polar surface area (TPSA) is 40.5 Å². The summed E-state index contributed by atoms with van der Waals surface area (Å²) < 4.78 is 0. The molecule has 0 spiro atoms. The van der Waals surface area contributed by atoms with Crippen LogP contribution in [-0.2, 0) is 4.79 Å². The number of hydrogen-bond acceptors (Lipinski definition) is 2. The molecule has 1 aliphatic rings. The zero-order valence-corrected chi connectivity index (χ0v) is 13.6. The Balaban J connectivity index is 2.43. The molecule has 1 aliphatic carbocycles. The van der Waals surface area contributed by atoms with Gasteiger partial charge in [-0.1, -0.05) is 26.2 Å². The van der Waals surface area contributed by atoms with Gasteiger partial charge < -0.3 is 10.0 Å². The summed E-state index contributed by atoms with van der Waals surface area (Å²) in [7, 11) is 0. The van der Waals surface area contributed by atoms with Crippen molar-refractivity contribution in [1.29, 1.82) is 0 Å². The zero-order chi connectivity index (χ0) is 15.0. The van der Waals surface area contributed by atoms with Gasteiger partial charge >= 0.3 is 0 Å². The fourth-order valence-corrected chi connectivity index (χ4v) is 3.29. The third-order valence-corrected chi connectivity index (χ3v) is 4.63. The zero-order valence-electron chi connectivity index (χ0n) is 13.6. The monoisotopic (exact) mass is 283 g/mol. The fraction of sp³-hybridized carbons (Fsp3) is 0.941. The molecule has 1 saturated carbocycles. The Morgan fingerprint density at radius 3 is 2.35 bits per heavy atom. The van der Waals surface area contributed by atoms with E-state index in [9.17, 15) is 4.79 Å². The summed E-state index contributed by atoms with van der Waals surface area (Å²) in [5, 5.41) is 8.97. The largest absolute Gasteiger partial charge is 0.396 e. The molecule has 3 nitrogen and oxygen atoms in total. The average molecular weight is 283 g/mol. The second kappa shape index (κ2) is 9.38. The van der Waals surface area contributed by atoms with Crippen LogP contribution in [0.4, 0.5) is 0 Å². The van der Waals surface area contributed by atoms with Crippen molar-refractivity contribution < 1.29 is 9.90 Å². The van der Waals surface area contributed by atoms with E-state index in [0.717, 1.165) is 18.8 Å². The van der Waals surface area contributed by atoms with Crippen molar-refractivity contribution in [1.82, 2.24) is 4.90 Å². The lowest BCUT2D eigenvalue weighted by molar-refractivity contribution is -0.138. The van der Waals surface area contributed by atoms with Crippen LogP contribution < -0.4 is 0 Å². The SMILES string of the molecule is CCCCC1CCC(C(=O)N(CCCO)C(C)C)CC1. The van der Waals surface area contributed by atoms with Crippen molar-refractivity contribution in [2.45, 2.75) is 78.2 Å². The molecule has 0 radical (unpaired) electrons. The van der Waals surface area contributed by atoms with E-state index >= 15 is 0 Å². The minimum atomic E-state index is 0.167. The van der Waals surface area contributed by atoms with Crippen LogP contribution in [0.2, 0.25) is 0 Å². The lowest BCUT2D eigenvalue weighted by Gasteiger charge is -2.34. The molecule has 20 heavy (non-hydrogen) atoms. The molecule has 1 N–H and O–H groups in total. The Kier molecular flexibility index (Phi) is 8.20. The van der Waals surface area contributed by atoms with Crippen molar-refractivity contribution in [3.05, 3.63) is 0 Å². The number of hydrogen-bond donors (Lipinski definition) is 1. The van der Waals surface area contributed by atoms with E-state index in [-0.39, 0.29) is 18.6 Å².